The number of aromatic nitrogens is 1. The minimum absolute atomic E-state index is 0.317. The Morgan fingerprint density at radius 3 is 3.11 bits per heavy atom. The number of rotatable bonds is 4. The zero-order valence-electron chi connectivity index (χ0n) is 10.3. The lowest BCUT2D eigenvalue weighted by atomic mass is 10.0. The molecule has 1 atom stereocenters. The van der Waals surface area contributed by atoms with Crippen molar-refractivity contribution in [2.75, 3.05) is 37.9 Å². The average Bonchev–Trinajstić information content (AvgIpc) is 2.86. The number of ether oxygens (including phenoxy) is 2. The molecule has 0 bridgehead atoms. The van der Waals surface area contributed by atoms with Gasteiger partial charge in [0.1, 0.15) is 17.5 Å². The van der Waals surface area contributed by atoms with Gasteiger partial charge in [-0.3, -0.25) is 0 Å². The van der Waals surface area contributed by atoms with Crippen molar-refractivity contribution in [3.63, 3.8) is 0 Å². The van der Waals surface area contributed by atoms with Crippen LogP contribution in [0.3, 0.4) is 0 Å². The summed E-state index contributed by atoms with van der Waals surface area (Å²) in [5.74, 6) is 0.567. The van der Waals surface area contributed by atoms with Crippen LogP contribution in [0.25, 0.3) is 0 Å². The summed E-state index contributed by atoms with van der Waals surface area (Å²) in [6, 6.07) is 3.59. The Balaban J connectivity index is 2.04. The van der Waals surface area contributed by atoms with Gasteiger partial charge in [0.05, 0.1) is 17.9 Å². The zero-order valence-corrected chi connectivity index (χ0v) is 10.3. The van der Waals surface area contributed by atoms with Crippen LogP contribution in [0, 0.1) is 11.3 Å². The summed E-state index contributed by atoms with van der Waals surface area (Å²) < 4.78 is 10.8. The van der Waals surface area contributed by atoms with Crippen molar-refractivity contribution in [1.82, 2.24) is 4.98 Å². The van der Waals surface area contributed by atoms with Gasteiger partial charge in [0, 0.05) is 32.9 Å². The normalized spacial score (nSPS) is 22.7. The Morgan fingerprint density at radius 1 is 1.72 bits per heavy atom. The molecule has 6 nitrogen and oxygen atoms in total. The molecule has 0 spiro atoms. The second kappa shape index (κ2) is 5.21. The topological polar surface area (TPSA) is 93.2 Å². The third-order valence-corrected chi connectivity index (χ3v) is 3.12. The molecule has 0 saturated carbocycles. The molecule has 18 heavy (non-hydrogen) atoms. The predicted octanol–water partition coefficient (Wildman–Crippen LogP) is 0.753. The maximum absolute atomic E-state index is 8.73. The van der Waals surface area contributed by atoms with Gasteiger partial charge in [-0.2, -0.15) is 5.26 Å². The summed E-state index contributed by atoms with van der Waals surface area (Å²) in [4.78, 5) is 4.12. The Kier molecular flexibility index (Phi) is 3.65. The van der Waals surface area contributed by atoms with Crippen LogP contribution in [0.5, 0.6) is 0 Å². The number of nitrogens with zero attached hydrogens (tertiary/aromatic N) is 2. The van der Waals surface area contributed by atoms with E-state index < -0.39 is 0 Å². The molecule has 6 heteroatoms. The van der Waals surface area contributed by atoms with E-state index in [9.17, 15) is 0 Å². The number of methoxy groups -OCH3 is 1. The number of anilines is 2. The van der Waals surface area contributed by atoms with E-state index in [4.69, 9.17) is 20.5 Å². The van der Waals surface area contributed by atoms with Gasteiger partial charge in [-0.05, 0) is 6.07 Å². The lowest BCUT2D eigenvalue weighted by molar-refractivity contribution is -0.00624. The minimum Gasteiger partial charge on any atom is -0.396 e. The second-order valence-corrected chi connectivity index (χ2v) is 4.32. The Hall–Kier alpha value is -1.84. The fourth-order valence-electron chi connectivity index (χ4n) is 1.90. The molecule has 0 radical (unpaired) electrons. The molecule has 0 aromatic carbocycles. The fourth-order valence-corrected chi connectivity index (χ4v) is 1.90. The van der Waals surface area contributed by atoms with Crippen LogP contribution < -0.4 is 11.1 Å². The highest BCUT2D eigenvalue weighted by Gasteiger charge is 2.34. The van der Waals surface area contributed by atoms with E-state index >= 15 is 0 Å². The van der Waals surface area contributed by atoms with Crippen molar-refractivity contribution in [2.45, 2.75) is 12.0 Å². The number of nitrogens with two attached hydrogens (primary N) is 1. The third kappa shape index (κ3) is 2.53. The van der Waals surface area contributed by atoms with E-state index in [2.05, 4.69) is 10.3 Å². The maximum Gasteiger partial charge on any atom is 0.149 e. The lowest BCUT2D eigenvalue weighted by Crippen LogP contribution is -2.39. The van der Waals surface area contributed by atoms with E-state index in [0.717, 1.165) is 6.42 Å². The zero-order chi connectivity index (χ0) is 13.0. The summed E-state index contributed by atoms with van der Waals surface area (Å²) in [6.07, 6.45) is 2.33. The molecule has 96 valence electrons. The van der Waals surface area contributed by atoms with E-state index in [-0.39, 0.29) is 5.60 Å². The first-order chi connectivity index (χ1) is 8.69. The van der Waals surface area contributed by atoms with Gasteiger partial charge in [-0.25, -0.2) is 4.98 Å². The van der Waals surface area contributed by atoms with Crippen molar-refractivity contribution >= 4 is 11.5 Å². The Bertz CT molecular complexity index is 464. The van der Waals surface area contributed by atoms with Gasteiger partial charge >= 0.3 is 0 Å². The summed E-state index contributed by atoms with van der Waals surface area (Å²) in [7, 11) is 1.67. The first kappa shape index (κ1) is 12.6. The van der Waals surface area contributed by atoms with Crippen LogP contribution in [0.4, 0.5) is 11.5 Å². The predicted molar refractivity (Wildman–Crippen MR) is 67.0 cm³/mol. The van der Waals surface area contributed by atoms with Crippen LogP contribution in [0.15, 0.2) is 12.3 Å². The summed E-state index contributed by atoms with van der Waals surface area (Å²) >= 11 is 0. The smallest absolute Gasteiger partial charge is 0.149 e. The standard InChI is InChI=1S/C12H16N4O2/c1-17-12(2-3-18-8-12)7-16-11-10(14)4-9(5-13)6-15-11/h4,6H,2-3,7-8,14H2,1H3,(H,15,16). The SMILES string of the molecule is COC1(CNc2ncc(C#N)cc2N)CCOC1. The highest BCUT2D eigenvalue weighted by atomic mass is 16.5. The van der Waals surface area contributed by atoms with Crippen LogP contribution in [0.1, 0.15) is 12.0 Å². The van der Waals surface area contributed by atoms with Crippen molar-refractivity contribution in [2.24, 2.45) is 0 Å². The molecule has 2 rings (SSSR count). The number of nitriles is 1. The quantitative estimate of drug-likeness (QED) is 0.816. The van der Waals surface area contributed by atoms with Crippen LogP contribution in [-0.2, 0) is 9.47 Å². The molecule has 1 unspecified atom stereocenters. The van der Waals surface area contributed by atoms with E-state index in [1.165, 1.54) is 6.20 Å². The molecule has 2 heterocycles. The summed E-state index contributed by atoms with van der Waals surface area (Å²) in [5, 5.41) is 11.9. The molecular formula is C12H16N4O2. The van der Waals surface area contributed by atoms with Crippen LogP contribution >= 0.6 is 0 Å². The van der Waals surface area contributed by atoms with Gasteiger partial charge in [0.25, 0.3) is 0 Å². The molecule has 0 aliphatic carbocycles. The van der Waals surface area contributed by atoms with E-state index in [0.29, 0.717) is 36.8 Å². The van der Waals surface area contributed by atoms with Crippen LogP contribution in [-0.4, -0.2) is 37.5 Å². The molecule has 1 aromatic rings. The van der Waals surface area contributed by atoms with Crippen molar-refractivity contribution in [1.29, 1.82) is 5.26 Å². The second-order valence-electron chi connectivity index (χ2n) is 4.32. The fraction of sp³-hybridized carbons (Fsp3) is 0.500. The molecule has 1 saturated heterocycles. The van der Waals surface area contributed by atoms with Gasteiger partial charge in [0.2, 0.25) is 0 Å². The van der Waals surface area contributed by atoms with Gasteiger partial charge in [0.15, 0.2) is 0 Å². The van der Waals surface area contributed by atoms with Gasteiger partial charge < -0.3 is 20.5 Å². The monoisotopic (exact) mass is 248 g/mol. The molecular weight excluding hydrogens is 232 g/mol. The highest BCUT2D eigenvalue weighted by molar-refractivity contribution is 5.63. The largest absolute Gasteiger partial charge is 0.396 e. The number of nitrogen functional groups attached to an aromatic ring is 1. The molecule has 3 N–H and O–H groups in total. The van der Waals surface area contributed by atoms with E-state index in [1.54, 1.807) is 13.2 Å². The first-order valence-corrected chi connectivity index (χ1v) is 5.71. The number of pyridine rings is 1. The summed E-state index contributed by atoms with van der Waals surface area (Å²) in [5.41, 5.74) is 6.41. The van der Waals surface area contributed by atoms with Crippen molar-refractivity contribution in [3.8, 4) is 6.07 Å². The lowest BCUT2D eigenvalue weighted by Gasteiger charge is -2.26. The van der Waals surface area contributed by atoms with Gasteiger partial charge in [-0.15, -0.1) is 0 Å². The number of hydrogen-bond donors (Lipinski definition) is 2. The van der Waals surface area contributed by atoms with Crippen LogP contribution in [0.2, 0.25) is 0 Å². The van der Waals surface area contributed by atoms with Crippen molar-refractivity contribution in [3.05, 3.63) is 17.8 Å². The Labute approximate surface area is 106 Å². The Morgan fingerprint density at radius 2 is 2.56 bits per heavy atom. The maximum atomic E-state index is 8.73. The average molecular weight is 248 g/mol. The third-order valence-electron chi connectivity index (χ3n) is 3.12. The molecule has 1 aliphatic heterocycles. The molecule has 1 aliphatic rings. The minimum atomic E-state index is -0.317. The molecule has 1 fully saturated rings. The molecule has 0 amide bonds. The summed E-state index contributed by atoms with van der Waals surface area (Å²) in [6.45, 7) is 1.84. The van der Waals surface area contributed by atoms with Crippen molar-refractivity contribution < 1.29 is 9.47 Å². The molecule has 1 aromatic heterocycles. The van der Waals surface area contributed by atoms with E-state index in [1.807, 2.05) is 6.07 Å². The number of hydrogen-bond acceptors (Lipinski definition) is 6. The van der Waals surface area contributed by atoms with Gasteiger partial charge in [-0.1, -0.05) is 0 Å². The first-order valence-electron chi connectivity index (χ1n) is 5.71. The number of nitrogens with one attached hydrogen (secondary N) is 1. The highest BCUT2D eigenvalue weighted by Crippen LogP contribution is 2.24.